The fourth-order valence-corrected chi connectivity index (χ4v) is 3.98. The van der Waals surface area contributed by atoms with Crippen LogP contribution in [0.25, 0.3) is 0 Å². The Kier molecular flexibility index (Phi) is 8.08. The van der Waals surface area contributed by atoms with E-state index in [1.165, 1.54) is 24.0 Å². The third kappa shape index (κ3) is 6.47. The number of hydrogen-bond donors (Lipinski definition) is 1. The van der Waals surface area contributed by atoms with Gasteiger partial charge in [-0.2, -0.15) is 0 Å². The molecule has 0 aliphatic rings. The number of aryl methyl sites for hydroxylation is 1. The van der Waals surface area contributed by atoms with Gasteiger partial charge in [0.05, 0.1) is 11.8 Å². The summed E-state index contributed by atoms with van der Waals surface area (Å²) in [6, 6.07) is 8.47. The monoisotopic (exact) mass is 320 g/mol. The molecule has 0 aliphatic carbocycles. The molecule has 0 saturated heterocycles. The van der Waals surface area contributed by atoms with E-state index in [1.54, 1.807) is 0 Å². The summed E-state index contributed by atoms with van der Waals surface area (Å²) in [6.45, 7) is 12.1. The van der Waals surface area contributed by atoms with Crippen LogP contribution in [0.15, 0.2) is 36.9 Å². The third-order valence-electron chi connectivity index (χ3n) is 4.02. The maximum atomic E-state index is 10.6. The third-order valence-corrected chi connectivity index (χ3v) is 6.02. The topological polar surface area (TPSA) is 29.5 Å². The predicted molar refractivity (Wildman–Crippen MR) is 97.4 cm³/mol. The van der Waals surface area contributed by atoms with Gasteiger partial charge in [-0.3, -0.25) is 0 Å². The minimum atomic E-state index is -2.33. The second-order valence-electron chi connectivity index (χ2n) is 6.70. The van der Waals surface area contributed by atoms with Crippen LogP contribution in [-0.4, -0.2) is 18.8 Å². The Morgan fingerprint density at radius 2 is 1.86 bits per heavy atom. The summed E-state index contributed by atoms with van der Waals surface area (Å²) < 4.78 is 6.37. The molecule has 1 rings (SSSR count). The second kappa shape index (κ2) is 9.28. The molecule has 124 valence electrons. The van der Waals surface area contributed by atoms with Crippen LogP contribution in [0.4, 0.5) is 0 Å². The van der Waals surface area contributed by atoms with E-state index in [4.69, 9.17) is 4.74 Å². The molecule has 1 N–H and O–H groups in total. The predicted octanol–water partition coefficient (Wildman–Crippen LogP) is 5.31. The van der Waals surface area contributed by atoms with Crippen LogP contribution >= 0.6 is 0 Å². The molecule has 0 bridgehead atoms. The van der Waals surface area contributed by atoms with E-state index >= 15 is 0 Å². The van der Waals surface area contributed by atoms with Gasteiger partial charge in [0, 0.05) is 0 Å². The van der Waals surface area contributed by atoms with Crippen LogP contribution in [0.3, 0.4) is 0 Å². The number of rotatable bonds is 10. The summed E-state index contributed by atoms with van der Waals surface area (Å²) >= 11 is 0. The lowest BCUT2D eigenvalue weighted by Gasteiger charge is -2.31. The molecule has 0 saturated carbocycles. The van der Waals surface area contributed by atoms with Crippen LogP contribution < -0.4 is 0 Å². The van der Waals surface area contributed by atoms with E-state index in [0.29, 0.717) is 0 Å². The number of ether oxygens (including phenoxy) is 1. The van der Waals surface area contributed by atoms with Crippen molar-refractivity contribution < 1.29 is 9.53 Å². The Morgan fingerprint density at radius 3 is 2.36 bits per heavy atom. The Bertz CT molecular complexity index is 434. The van der Waals surface area contributed by atoms with E-state index in [2.05, 4.69) is 44.7 Å². The Hall–Kier alpha value is -0.903. The summed E-state index contributed by atoms with van der Waals surface area (Å²) in [7, 11) is -2.33. The van der Waals surface area contributed by atoms with Crippen molar-refractivity contribution in [3.8, 4) is 0 Å². The molecule has 0 radical (unpaired) electrons. The maximum Gasteiger partial charge on any atom is 0.210 e. The van der Waals surface area contributed by atoms with Crippen molar-refractivity contribution >= 4 is 8.32 Å². The van der Waals surface area contributed by atoms with Gasteiger partial charge in [-0.05, 0) is 38.4 Å². The van der Waals surface area contributed by atoms with Crippen LogP contribution in [0.1, 0.15) is 56.3 Å². The van der Waals surface area contributed by atoms with Crippen molar-refractivity contribution in [1.82, 2.24) is 0 Å². The SMILES string of the molecule is C=CC[C@@H](O[C@H](CCCCC)[Si](C)(C)O)c1ccc(C)cc1. The Labute approximate surface area is 137 Å². The fraction of sp³-hybridized carbons (Fsp3) is 0.579. The molecule has 0 amide bonds. The lowest BCUT2D eigenvalue weighted by molar-refractivity contribution is 0.0134. The van der Waals surface area contributed by atoms with Crippen LogP contribution in [0, 0.1) is 6.92 Å². The zero-order valence-electron chi connectivity index (χ0n) is 14.6. The molecule has 3 heteroatoms. The first-order valence-electron chi connectivity index (χ1n) is 8.43. The molecule has 1 aromatic carbocycles. The first-order chi connectivity index (χ1) is 10.4. The van der Waals surface area contributed by atoms with Gasteiger partial charge in [0.2, 0.25) is 8.32 Å². The minimum absolute atomic E-state index is 0.0105. The second-order valence-corrected chi connectivity index (χ2v) is 10.6. The van der Waals surface area contributed by atoms with Crippen LogP contribution in [-0.2, 0) is 4.74 Å². The van der Waals surface area contributed by atoms with Crippen LogP contribution in [0.5, 0.6) is 0 Å². The Balaban J connectivity index is 2.84. The molecule has 2 nitrogen and oxygen atoms in total. The molecule has 0 aliphatic heterocycles. The molecule has 0 aromatic heterocycles. The zero-order chi connectivity index (χ0) is 16.6. The van der Waals surface area contributed by atoms with Gasteiger partial charge in [-0.1, -0.05) is 62.1 Å². The summed E-state index contributed by atoms with van der Waals surface area (Å²) in [6.07, 6.45) is 7.12. The first-order valence-corrected chi connectivity index (χ1v) is 11.5. The molecule has 0 heterocycles. The molecule has 0 fully saturated rings. The van der Waals surface area contributed by atoms with Gasteiger partial charge in [0.1, 0.15) is 0 Å². The molecule has 1 aromatic rings. The summed E-state index contributed by atoms with van der Waals surface area (Å²) in [4.78, 5) is 10.6. The average Bonchev–Trinajstić information content (AvgIpc) is 2.45. The normalized spacial score (nSPS) is 14.6. The molecule has 2 atom stereocenters. The molecule has 22 heavy (non-hydrogen) atoms. The van der Waals surface area contributed by atoms with E-state index in [1.807, 2.05) is 19.2 Å². The van der Waals surface area contributed by atoms with E-state index in [0.717, 1.165) is 19.3 Å². The fourth-order valence-electron chi connectivity index (χ4n) is 2.57. The quantitative estimate of drug-likeness (QED) is 0.359. The van der Waals surface area contributed by atoms with E-state index in [9.17, 15) is 4.80 Å². The van der Waals surface area contributed by atoms with Gasteiger partial charge < -0.3 is 9.53 Å². The van der Waals surface area contributed by atoms with Crippen molar-refractivity contribution in [1.29, 1.82) is 0 Å². The summed E-state index contributed by atoms with van der Waals surface area (Å²) in [5.74, 6) is 0. The number of unbranched alkanes of at least 4 members (excludes halogenated alkanes) is 2. The maximum absolute atomic E-state index is 10.6. The van der Waals surface area contributed by atoms with Gasteiger partial charge >= 0.3 is 0 Å². The first kappa shape index (κ1) is 19.1. The standard InChI is InChI=1S/C19H32O2Si/c1-6-8-9-11-19(22(4,5)20)21-18(10-7-2)17-14-12-16(3)13-15-17/h7,12-15,18-20H,2,6,8-11H2,1,3-5H3/t18-,19+/m1/s1. The van der Waals surface area contributed by atoms with Gasteiger partial charge in [0.15, 0.2) is 0 Å². The van der Waals surface area contributed by atoms with Crippen LogP contribution in [0.2, 0.25) is 13.1 Å². The number of hydrogen-bond acceptors (Lipinski definition) is 2. The number of benzene rings is 1. The molecular formula is C19H32O2Si. The smallest absolute Gasteiger partial charge is 0.210 e. The van der Waals surface area contributed by atoms with Gasteiger partial charge in [-0.15, -0.1) is 6.58 Å². The van der Waals surface area contributed by atoms with Crippen molar-refractivity contribution in [3.63, 3.8) is 0 Å². The highest BCUT2D eigenvalue weighted by Gasteiger charge is 2.32. The summed E-state index contributed by atoms with van der Waals surface area (Å²) in [5.41, 5.74) is 2.40. The average molecular weight is 321 g/mol. The zero-order valence-corrected chi connectivity index (χ0v) is 15.6. The molecule has 0 unspecified atom stereocenters. The molecule has 0 spiro atoms. The van der Waals surface area contributed by atoms with Gasteiger partial charge in [-0.25, -0.2) is 0 Å². The lowest BCUT2D eigenvalue weighted by Crippen LogP contribution is -2.44. The van der Waals surface area contributed by atoms with E-state index < -0.39 is 8.32 Å². The highest BCUT2D eigenvalue weighted by atomic mass is 28.4. The van der Waals surface area contributed by atoms with Gasteiger partial charge in [0.25, 0.3) is 0 Å². The summed E-state index contributed by atoms with van der Waals surface area (Å²) in [5, 5.41) is 0. The highest BCUT2D eigenvalue weighted by molar-refractivity contribution is 6.71. The van der Waals surface area contributed by atoms with Crippen molar-refractivity contribution in [3.05, 3.63) is 48.0 Å². The molecular weight excluding hydrogens is 288 g/mol. The van der Waals surface area contributed by atoms with E-state index in [-0.39, 0.29) is 11.8 Å². The highest BCUT2D eigenvalue weighted by Crippen LogP contribution is 2.28. The largest absolute Gasteiger partial charge is 0.430 e. The lowest BCUT2D eigenvalue weighted by atomic mass is 10.0. The Morgan fingerprint density at radius 1 is 1.23 bits per heavy atom. The van der Waals surface area contributed by atoms with Crippen molar-refractivity contribution in [2.24, 2.45) is 0 Å². The van der Waals surface area contributed by atoms with Crippen molar-refractivity contribution in [2.75, 3.05) is 0 Å². The minimum Gasteiger partial charge on any atom is -0.430 e. The van der Waals surface area contributed by atoms with Crippen molar-refractivity contribution in [2.45, 2.75) is 70.9 Å².